The molecule has 0 atom stereocenters. The molecule has 0 bridgehead atoms. The van der Waals surface area contributed by atoms with E-state index in [1.165, 1.54) is 0 Å². The van der Waals surface area contributed by atoms with Gasteiger partial charge in [-0.3, -0.25) is 0 Å². The van der Waals surface area contributed by atoms with E-state index in [-0.39, 0.29) is 0 Å². The molecule has 0 saturated carbocycles. The third-order valence-electron chi connectivity index (χ3n) is 2.00. The first-order valence-electron chi connectivity index (χ1n) is 4.65. The number of allylic oxidation sites excluding steroid dienone is 2. The van der Waals surface area contributed by atoms with Crippen LogP contribution in [0.5, 0.6) is 0 Å². The standard InChI is InChI=1S/C10H12ClN3/c1-6(2)13-10-7-5-9(11)14-8(7)3-4-12-10/h4-6,13H,3H2,1-2H3. The minimum absolute atomic E-state index is 0.363. The normalized spacial score (nSPS) is 19.7. The minimum atomic E-state index is 0.363. The van der Waals surface area contributed by atoms with Crippen molar-refractivity contribution >= 4 is 23.5 Å². The van der Waals surface area contributed by atoms with Crippen molar-refractivity contribution in [3.63, 3.8) is 0 Å². The number of hydrogen-bond acceptors (Lipinski definition) is 3. The molecule has 2 aliphatic rings. The maximum atomic E-state index is 5.84. The predicted molar refractivity (Wildman–Crippen MR) is 59.8 cm³/mol. The molecule has 0 fully saturated rings. The van der Waals surface area contributed by atoms with Gasteiger partial charge in [0.05, 0.1) is 5.71 Å². The van der Waals surface area contributed by atoms with Crippen LogP contribution in [0.25, 0.3) is 0 Å². The van der Waals surface area contributed by atoms with Gasteiger partial charge >= 0.3 is 0 Å². The number of nitrogens with one attached hydrogen (secondary N) is 1. The van der Waals surface area contributed by atoms with Gasteiger partial charge in [0.2, 0.25) is 0 Å². The van der Waals surface area contributed by atoms with Crippen molar-refractivity contribution in [1.82, 2.24) is 5.32 Å². The zero-order valence-corrected chi connectivity index (χ0v) is 8.97. The zero-order chi connectivity index (χ0) is 10.1. The highest BCUT2D eigenvalue weighted by Gasteiger charge is 2.20. The van der Waals surface area contributed by atoms with Gasteiger partial charge in [0.25, 0.3) is 0 Å². The van der Waals surface area contributed by atoms with Gasteiger partial charge < -0.3 is 5.32 Å². The summed E-state index contributed by atoms with van der Waals surface area (Å²) in [6.07, 6.45) is 4.49. The lowest BCUT2D eigenvalue weighted by Crippen LogP contribution is -2.25. The minimum Gasteiger partial charge on any atom is -0.367 e. The summed E-state index contributed by atoms with van der Waals surface area (Å²) in [5.74, 6) is 0.876. The fraction of sp³-hybridized carbons (Fsp3) is 0.400. The van der Waals surface area contributed by atoms with Crippen molar-refractivity contribution in [2.75, 3.05) is 0 Å². The number of hydrogen-bond donors (Lipinski definition) is 1. The van der Waals surface area contributed by atoms with Gasteiger partial charge in [-0.05, 0) is 19.9 Å². The van der Waals surface area contributed by atoms with Crippen LogP contribution in [0.15, 0.2) is 32.6 Å². The summed E-state index contributed by atoms with van der Waals surface area (Å²) in [6.45, 7) is 4.16. The monoisotopic (exact) mass is 209 g/mol. The maximum absolute atomic E-state index is 5.84. The van der Waals surface area contributed by atoms with E-state index in [1.54, 1.807) is 0 Å². The molecule has 3 nitrogen and oxygen atoms in total. The average molecular weight is 210 g/mol. The Morgan fingerprint density at radius 3 is 3.00 bits per heavy atom. The molecule has 2 aliphatic heterocycles. The topological polar surface area (TPSA) is 36.8 Å². The zero-order valence-electron chi connectivity index (χ0n) is 8.21. The van der Waals surface area contributed by atoms with E-state index < -0.39 is 0 Å². The first kappa shape index (κ1) is 9.46. The summed E-state index contributed by atoms with van der Waals surface area (Å²) >= 11 is 5.84. The van der Waals surface area contributed by atoms with E-state index >= 15 is 0 Å². The van der Waals surface area contributed by atoms with Crippen LogP contribution in [0.2, 0.25) is 0 Å². The Kier molecular flexibility index (Phi) is 2.42. The molecule has 0 saturated heterocycles. The molecule has 0 aromatic rings. The Hall–Kier alpha value is -1.09. The van der Waals surface area contributed by atoms with E-state index in [1.807, 2.05) is 12.3 Å². The van der Waals surface area contributed by atoms with E-state index in [9.17, 15) is 0 Å². The lowest BCUT2D eigenvalue weighted by molar-refractivity contribution is 0.661. The van der Waals surface area contributed by atoms with Crippen LogP contribution in [-0.2, 0) is 0 Å². The SMILES string of the molecule is CC(C)NC1=C2C=C(Cl)N=C2CC=N1. The number of fused-ring (bicyclic) bond motifs is 1. The summed E-state index contributed by atoms with van der Waals surface area (Å²) in [5.41, 5.74) is 2.04. The second kappa shape index (κ2) is 3.58. The van der Waals surface area contributed by atoms with Crippen molar-refractivity contribution in [3.8, 4) is 0 Å². The van der Waals surface area contributed by atoms with Crippen LogP contribution in [0, 0.1) is 0 Å². The van der Waals surface area contributed by atoms with Crippen LogP contribution < -0.4 is 5.32 Å². The van der Waals surface area contributed by atoms with Crippen LogP contribution >= 0.6 is 11.6 Å². The first-order valence-corrected chi connectivity index (χ1v) is 5.03. The molecule has 74 valence electrons. The number of rotatable bonds is 2. The van der Waals surface area contributed by atoms with Crippen LogP contribution in [0.3, 0.4) is 0 Å². The van der Waals surface area contributed by atoms with Gasteiger partial charge in [0, 0.05) is 24.3 Å². The van der Waals surface area contributed by atoms with Crippen LogP contribution in [0.1, 0.15) is 20.3 Å². The molecule has 0 unspecified atom stereocenters. The highest BCUT2D eigenvalue weighted by molar-refractivity contribution is 6.33. The van der Waals surface area contributed by atoms with E-state index in [2.05, 4.69) is 29.1 Å². The molecule has 0 radical (unpaired) electrons. The molecule has 0 aliphatic carbocycles. The summed E-state index contributed by atoms with van der Waals surface area (Å²) in [4.78, 5) is 8.53. The third-order valence-corrected chi connectivity index (χ3v) is 2.20. The first-order chi connectivity index (χ1) is 6.66. The van der Waals surface area contributed by atoms with Gasteiger partial charge in [-0.1, -0.05) is 11.6 Å². The molecule has 0 amide bonds. The van der Waals surface area contributed by atoms with Gasteiger partial charge in [0.1, 0.15) is 11.0 Å². The Morgan fingerprint density at radius 2 is 2.29 bits per heavy atom. The molecule has 4 heteroatoms. The van der Waals surface area contributed by atoms with Crippen molar-refractivity contribution in [2.45, 2.75) is 26.3 Å². The fourth-order valence-corrected chi connectivity index (χ4v) is 1.68. The van der Waals surface area contributed by atoms with Crippen molar-refractivity contribution in [3.05, 3.63) is 22.6 Å². The second-order valence-electron chi connectivity index (χ2n) is 3.60. The molecule has 0 spiro atoms. The number of nitrogens with zero attached hydrogens (tertiary/aromatic N) is 2. The number of halogens is 1. The maximum Gasteiger partial charge on any atom is 0.134 e. The third kappa shape index (κ3) is 1.73. The van der Waals surface area contributed by atoms with E-state index in [4.69, 9.17) is 11.6 Å². The largest absolute Gasteiger partial charge is 0.367 e. The van der Waals surface area contributed by atoms with Crippen molar-refractivity contribution < 1.29 is 0 Å². The summed E-state index contributed by atoms with van der Waals surface area (Å²) in [6, 6.07) is 0.363. The van der Waals surface area contributed by atoms with Crippen molar-refractivity contribution in [2.24, 2.45) is 9.98 Å². The molecular formula is C10H12ClN3. The smallest absolute Gasteiger partial charge is 0.134 e. The van der Waals surface area contributed by atoms with Gasteiger partial charge in [-0.15, -0.1) is 0 Å². The Bertz CT molecular complexity index is 375. The molecule has 1 N–H and O–H groups in total. The quantitative estimate of drug-likeness (QED) is 0.696. The highest BCUT2D eigenvalue weighted by Crippen LogP contribution is 2.25. The molecular weight excluding hydrogens is 198 g/mol. The average Bonchev–Trinajstić information content (AvgIpc) is 2.45. The molecule has 0 aromatic carbocycles. The van der Waals surface area contributed by atoms with E-state index in [0.29, 0.717) is 11.2 Å². The Morgan fingerprint density at radius 1 is 1.50 bits per heavy atom. The molecule has 2 rings (SSSR count). The molecule has 14 heavy (non-hydrogen) atoms. The van der Waals surface area contributed by atoms with Crippen LogP contribution in [-0.4, -0.2) is 18.0 Å². The molecule has 2 heterocycles. The van der Waals surface area contributed by atoms with Crippen LogP contribution in [0.4, 0.5) is 0 Å². The lowest BCUT2D eigenvalue weighted by Gasteiger charge is -2.15. The Balaban J connectivity index is 2.33. The Labute approximate surface area is 88.3 Å². The lowest BCUT2D eigenvalue weighted by atomic mass is 10.1. The van der Waals surface area contributed by atoms with Gasteiger partial charge in [0.15, 0.2) is 0 Å². The predicted octanol–water partition coefficient (Wildman–Crippen LogP) is 2.21. The molecule has 0 aromatic heterocycles. The summed E-state index contributed by atoms with van der Waals surface area (Å²) in [5, 5.41) is 3.82. The fourth-order valence-electron chi connectivity index (χ4n) is 1.47. The number of aliphatic imine (C=N–C) groups is 2. The van der Waals surface area contributed by atoms with Gasteiger partial charge in [-0.25, -0.2) is 9.98 Å². The van der Waals surface area contributed by atoms with Gasteiger partial charge in [-0.2, -0.15) is 0 Å². The summed E-state index contributed by atoms with van der Waals surface area (Å²) < 4.78 is 0. The highest BCUT2D eigenvalue weighted by atomic mass is 35.5. The second-order valence-corrected chi connectivity index (χ2v) is 3.99. The van der Waals surface area contributed by atoms with E-state index in [0.717, 1.165) is 23.5 Å². The van der Waals surface area contributed by atoms with Crippen molar-refractivity contribution in [1.29, 1.82) is 0 Å². The summed E-state index contributed by atoms with van der Waals surface area (Å²) in [7, 11) is 0.